The van der Waals surface area contributed by atoms with E-state index in [1.165, 1.54) is 0 Å². The number of nitrogens with zero attached hydrogens (tertiary/aromatic N) is 2. The molecule has 0 radical (unpaired) electrons. The molecule has 128 valence electrons. The second-order valence-electron chi connectivity index (χ2n) is 6.12. The number of benzene rings is 1. The third kappa shape index (κ3) is 2.88. The average Bonchev–Trinajstić information content (AvgIpc) is 3.21. The fraction of sp³-hybridized carbons (Fsp3) is 0.278. The molecule has 2 N–H and O–H groups in total. The number of nitrogens with one attached hydrogen (secondary N) is 2. The van der Waals surface area contributed by atoms with Crippen LogP contribution in [0.5, 0.6) is 5.75 Å². The average molecular weight is 338 g/mol. The molecule has 7 nitrogen and oxygen atoms in total. The molecule has 0 unspecified atom stereocenters. The number of imidazole rings is 1. The summed E-state index contributed by atoms with van der Waals surface area (Å²) in [7, 11) is 1.65. The van der Waals surface area contributed by atoms with Crippen LogP contribution in [-0.4, -0.2) is 34.7 Å². The maximum absolute atomic E-state index is 12.4. The highest BCUT2D eigenvalue weighted by Crippen LogP contribution is 2.28. The van der Waals surface area contributed by atoms with E-state index in [0.717, 1.165) is 17.0 Å². The van der Waals surface area contributed by atoms with Gasteiger partial charge in [0.05, 0.1) is 7.11 Å². The molecule has 0 spiro atoms. The summed E-state index contributed by atoms with van der Waals surface area (Å²) in [5.41, 5.74) is 2.93. The zero-order valence-electron chi connectivity index (χ0n) is 14.0. The summed E-state index contributed by atoms with van der Waals surface area (Å²) in [5.74, 6) is 2.00. The fourth-order valence-corrected chi connectivity index (χ4v) is 3.09. The van der Waals surface area contributed by atoms with Gasteiger partial charge in [-0.2, -0.15) is 0 Å². The Hall–Kier alpha value is -3.09. The van der Waals surface area contributed by atoms with Crippen molar-refractivity contribution in [2.45, 2.75) is 19.3 Å². The Bertz CT molecular complexity index is 928. The molecule has 1 aliphatic rings. The number of carbonyl (C=O) groups is 1. The van der Waals surface area contributed by atoms with Gasteiger partial charge >= 0.3 is 0 Å². The summed E-state index contributed by atoms with van der Waals surface area (Å²) in [6.45, 7) is 2.37. The van der Waals surface area contributed by atoms with Gasteiger partial charge in [-0.15, -0.1) is 0 Å². The number of methoxy groups -OCH3 is 1. The van der Waals surface area contributed by atoms with Crippen molar-refractivity contribution in [2.75, 3.05) is 13.7 Å². The van der Waals surface area contributed by atoms with Gasteiger partial charge in [0.25, 0.3) is 5.91 Å². The molecule has 0 aliphatic carbocycles. The lowest BCUT2D eigenvalue weighted by Crippen LogP contribution is -2.26. The number of aromatic nitrogens is 3. The van der Waals surface area contributed by atoms with Crippen LogP contribution in [0.2, 0.25) is 0 Å². The Morgan fingerprint density at radius 2 is 2.20 bits per heavy atom. The zero-order valence-corrected chi connectivity index (χ0v) is 14.0. The van der Waals surface area contributed by atoms with E-state index in [2.05, 4.69) is 20.4 Å². The monoisotopic (exact) mass is 338 g/mol. The SMILES string of the molecule is COc1cccc([C@H]2CNC(=O)c3nc(-c4cc(C)on4)[nH]c3C2)c1. The maximum atomic E-state index is 12.4. The number of aryl methyl sites for hydroxylation is 1. The molecule has 4 rings (SSSR count). The molecule has 1 atom stereocenters. The Balaban J connectivity index is 1.68. The zero-order chi connectivity index (χ0) is 17.4. The number of carbonyl (C=O) groups excluding carboxylic acids is 1. The molecule has 7 heteroatoms. The smallest absolute Gasteiger partial charge is 0.271 e. The van der Waals surface area contributed by atoms with Gasteiger partial charge < -0.3 is 19.6 Å². The summed E-state index contributed by atoms with van der Waals surface area (Å²) in [6, 6.07) is 9.70. The van der Waals surface area contributed by atoms with Gasteiger partial charge in [-0.1, -0.05) is 17.3 Å². The quantitative estimate of drug-likeness (QED) is 0.765. The lowest BCUT2D eigenvalue weighted by Gasteiger charge is -2.15. The fourth-order valence-electron chi connectivity index (χ4n) is 3.09. The number of fused-ring (bicyclic) bond motifs is 1. The predicted molar refractivity (Wildman–Crippen MR) is 90.6 cm³/mol. The maximum Gasteiger partial charge on any atom is 0.271 e. The Morgan fingerprint density at radius 3 is 2.96 bits per heavy atom. The highest BCUT2D eigenvalue weighted by molar-refractivity contribution is 5.94. The minimum atomic E-state index is -0.178. The van der Waals surface area contributed by atoms with Crippen LogP contribution >= 0.6 is 0 Å². The van der Waals surface area contributed by atoms with Crippen LogP contribution in [0.4, 0.5) is 0 Å². The molecule has 1 amide bonds. The summed E-state index contributed by atoms with van der Waals surface area (Å²) < 4.78 is 10.4. The van der Waals surface area contributed by atoms with Gasteiger partial charge in [0, 0.05) is 24.2 Å². The first-order valence-electron chi connectivity index (χ1n) is 8.09. The lowest BCUT2D eigenvalue weighted by atomic mass is 9.94. The molecule has 0 bridgehead atoms. The second-order valence-corrected chi connectivity index (χ2v) is 6.12. The Morgan fingerprint density at radius 1 is 1.32 bits per heavy atom. The molecule has 0 saturated heterocycles. The van der Waals surface area contributed by atoms with E-state index in [-0.39, 0.29) is 11.8 Å². The molecule has 1 aromatic carbocycles. The van der Waals surface area contributed by atoms with Crippen molar-refractivity contribution in [3.05, 3.63) is 53.0 Å². The second kappa shape index (κ2) is 6.08. The van der Waals surface area contributed by atoms with Crippen LogP contribution in [-0.2, 0) is 6.42 Å². The molecule has 0 fully saturated rings. The van der Waals surface area contributed by atoms with Crippen LogP contribution in [0.1, 0.15) is 33.4 Å². The molecular formula is C18H18N4O3. The van der Waals surface area contributed by atoms with E-state index in [1.54, 1.807) is 13.2 Å². The van der Waals surface area contributed by atoms with Crippen molar-refractivity contribution in [1.82, 2.24) is 20.4 Å². The number of ether oxygens (including phenoxy) is 1. The van der Waals surface area contributed by atoms with E-state index in [0.29, 0.717) is 35.9 Å². The first-order chi connectivity index (χ1) is 12.1. The Labute approximate surface area is 144 Å². The van der Waals surface area contributed by atoms with Gasteiger partial charge in [-0.05, 0) is 31.0 Å². The number of aromatic amines is 1. The van der Waals surface area contributed by atoms with Crippen molar-refractivity contribution < 1.29 is 14.1 Å². The van der Waals surface area contributed by atoms with Crippen LogP contribution in [0.15, 0.2) is 34.9 Å². The summed E-state index contributed by atoms with van der Waals surface area (Å²) in [5, 5.41) is 6.91. The van der Waals surface area contributed by atoms with Crippen LogP contribution < -0.4 is 10.1 Å². The van der Waals surface area contributed by atoms with Crippen molar-refractivity contribution >= 4 is 5.91 Å². The summed E-state index contributed by atoms with van der Waals surface area (Å²) >= 11 is 0. The molecule has 25 heavy (non-hydrogen) atoms. The van der Waals surface area contributed by atoms with Gasteiger partial charge in [0.2, 0.25) is 0 Å². The predicted octanol–water partition coefficient (Wildman–Crippen LogP) is 2.45. The van der Waals surface area contributed by atoms with Crippen LogP contribution in [0, 0.1) is 6.92 Å². The molecule has 3 aromatic rings. The number of hydrogen-bond acceptors (Lipinski definition) is 5. The molecule has 2 aromatic heterocycles. The van der Waals surface area contributed by atoms with Gasteiger partial charge in [0.1, 0.15) is 22.9 Å². The van der Waals surface area contributed by atoms with Crippen molar-refractivity contribution in [2.24, 2.45) is 0 Å². The minimum Gasteiger partial charge on any atom is -0.497 e. The highest BCUT2D eigenvalue weighted by Gasteiger charge is 2.27. The van der Waals surface area contributed by atoms with E-state index in [4.69, 9.17) is 9.26 Å². The molecule has 0 saturated carbocycles. The standard InChI is InChI=1S/C18H18N4O3/c1-10-6-15(22-25-10)17-20-14-8-12(9-19-18(23)16(14)21-17)11-4-3-5-13(7-11)24-2/h3-7,12H,8-9H2,1-2H3,(H,19,23)(H,20,21)/t12-/m1/s1. The number of H-pyrrole nitrogens is 1. The van der Waals surface area contributed by atoms with Crippen LogP contribution in [0.25, 0.3) is 11.5 Å². The number of amides is 1. The third-order valence-electron chi connectivity index (χ3n) is 4.39. The van der Waals surface area contributed by atoms with Gasteiger partial charge in [-0.25, -0.2) is 4.98 Å². The molecular weight excluding hydrogens is 320 g/mol. The molecule has 3 heterocycles. The van der Waals surface area contributed by atoms with E-state index in [1.807, 2.05) is 31.2 Å². The Kier molecular flexibility index (Phi) is 3.76. The first kappa shape index (κ1) is 15.4. The molecule has 1 aliphatic heterocycles. The van der Waals surface area contributed by atoms with E-state index < -0.39 is 0 Å². The van der Waals surface area contributed by atoms with Crippen molar-refractivity contribution in [1.29, 1.82) is 0 Å². The van der Waals surface area contributed by atoms with Gasteiger partial charge in [-0.3, -0.25) is 4.79 Å². The minimum absolute atomic E-state index is 0.132. The first-order valence-corrected chi connectivity index (χ1v) is 8.09. The largest absolute Gasteiger partial charge is 0.497 e. The number of hydrogen-bond donors (Lipinski definition) is 2. The topological polar surface area (TPSA) is 93.0 Å². The highest BCUT2D eigenvalue weighted by atomic mass is 16.5. The normalized spacial score (nSPS) is 16.9. The third-order valence-corrected chi connectivity index (χ3v) is 4.39. The lowest BCUT2D eigenvalue weighted by molar-refractivity contribution is 0.0950. The van der Waals surface area contributed by atoms with E-state index in [9.17, 15) is 4.79 Å². The van der Waals surface area contributed by atoms with Gasteiger partial charge in [0.15, 0.2) is 5.82 Å². The van der Waals surface area contributed by atoms with E-state index >= 15 is 0 Å². The summed E-state index contributed by atoms with van der Waals surface area (Å²) in [4.78, 5) is 20.1. The number of rotatable bonds is 3. The van der Waals surface area contributed by atoms with Crippen LogP contribution in [0.3, 0.4) is 0 Å². The van der Waals surface area contributed by atoms with Crippen molar-refractivity contribution in [3.63, 3.8) is 0 Å². The summed E-state index contributed by atoms with van der Waals surface area (Å²) in [6.07, 6.45) is 0.672. The van der Waals surface area contributed by atoms with Crippen molar-refractivity contribution in [3.8, 4) is 17.3 Å².